The van der Waals surface area contributed by atoms with E-state index in [4.69, 9.17) is 15.2 Å². The zero-order valence-corrected chi connectivity index (χ0v) is 12.5. The summed E-state index contributed by atoms with van der Waals surface area (Å²) in [5.74, 6) is 1.66. The van der Waals surface area contributed by atoms with E-state index in [1.807, 2.05) is 26.8 Å². The van der Waals surface area contributed by atoms with E-state index in [0.29, 0.717) is 36.3 Å². The molecule has 0 unspecified atom stereocenters. The molecule has 0 amide bonds. The Kier molecular flexibility index (Phi) is 5.05. The summed E-state index contributed by atoms with van der Waals surface area (Å²) in [6, 6.07) is 3.60. The summed E-state index contributed by atoms with van der Waals surface area (Å²) in [7, 11) is 0. The van der Waals surface area contributed by atoms with Gasteiger partial charge in [-0.2, -0.15) is 0 Å². The van der Waals surface area contributed by atoms with Crippen LogP contribution in [0.15, 0.2) is 24.5 Å². The van der Waals surface area contributed by atoms with Crippen LogP contribution in [0, 0.1) is 0 Å². The molecule has 2 N–H and O–H groups in total. The summed E-state index contributed by atoms with van der Waals surface area (Å²) in [6.07, 6.45) is 3.49. The lowest BCUT2D eigenvalue weighted by atomic mass is 10.2. The van der Waals surface area contributed by atoms with Crippen LogP contribution in [0.2, 0.25) is 0 Å². The zero-order chi connectivity index (χ0) is 15.2. The van der Waals surface area contributed by atoms with Gasteiger partial charge in [-0.15, -0.1) is 0 Å². The van der Waals surface area contributed by atoms with Crippen LogP contribution in [0.3, 0.4) is 0 Å². The van der Waals surface area contributed by atoms with Gasteiger partial charge in [0, 0.05) is 24.4 Å². The van der Waals surface area contributed by atoms with E-state index in [9.17, 15) is 0 Å². The summed E-state index contributed by atoms with van der Waals surface area (Å²) in [6.45, 7) is 6.80. The fraction of sp³-hybridized carbons (Fsp3) is 0.400. The van der Waals surface area contributed by atoms with Gasteiger partial charge >= 0.3 is 0 Å². The van der Waals surface area contributed by atoms with Gasteiger partial charge in [0.2, 0.25) is 0 Å². The first kappa shape index (κ1) is 15.2. The van der Waals surface area contributed by atoms with E-state index in [1.165, 1.54) is 0 Å². The number of hydrogen-bond donors (Lipinski definition) is 1. The zero-order valence-electron chi connectivity index (χ0n) is 12.5. The number of nitrogens with zero attached hydrogens (tertiary/aromatic N) is 3. The topological polar surface area (TPSA) is 83.2 Å². The molecule has 2 heterocycles. The van der Waals surface area contributed by atoms with E-state index >= 15 is 0 Å². The van der Waals surface area contributed by atoms with Crippen LogP contribution in [-0.4, -0.2) is 27.7 Å². The van der Waals surface area contributed by atoms with E-state index in [0.717, 1.165) is 5.56 Å². The first-order valence-corrected chi connectivity index (χ1v) is 6.91. The lowest BCUT2D eigenvalue weighted by Crippen LogP contribution is -2.06. The molecule has 0 bridgehead atoms. The van der Waals surface area contributed by atoms with Gasteiger partial charge in [0.05, 0.1) is 18.0 Å². The number of anilines is 1. The predicted molar refractivity (Wildman–Crippen MR) is 80.8 cm³/mol. The number of pyridine rings is 1. The van der Waals surface area contributed by atoms with Crippen molar-refractivity contribution in [1.29, 1.82) is 0 Å². The number of ether oxygens (including phenoxy) is 2. The quantitative estimate of drug-likeness (QED) is 0.879. The molecule has 0 aliphatic carbocycles. The van der Waals surface area contributed by atoms with Crippen LogP contribution in [-0.2, 0) is 11.3 Å². The first-order chi connectivity index (χ1) is 10.1. The number of nitrogens with two attached hydrogens (primary N) is 1. The second-order valence-corrected chi connectivity index (χ2v) is 4.81. The summed E-state index contributed by atoms with van der Waals surface area (Å²) in [5.41, 5.74) is 7.37. The standard InChI is InChI=1S/C15H20N4O2/c1-4-20-9-15-18-13(6-14(16)19-15)11-5-12(8-17-7-11)21-10(2)3/h5-8,10H,4,9H2,1-3H3,(H2,16,18,19). The average Bonchev–Trinajstić information content (AvgIpc) is 2.44. The lowest BCUT2D eigenvalue weighted by Gasteiger charge is -2.11. The maximum Gasteiger partial charge on any atom is 0.157 e. The third kappa shape index (κ3) is 4.39. The van der Waals surface area contributed by atoms with Crippen molar-refractivity contribution in [3.63, 3.8) is 0 Å². The van der Waals surface area contributed by atoms with Crippen LogP contribution in [0.5, 0.6) is 5.75 Å². The third-order valence-corrected chi connectivity index (χ3v) is 2.61. The fourth-order valence-electron chi connectivity index (χ4n) is 1.82. The van der Waals surface area contributed by atoms with E-state index < -0.39 is 0 Å². The second kappa shape index (κ2) is 6.99. The molecule has 0 spiro atoms. The normalized spacial score (nSPS) is 10.9. The Morgan fingerprint density at radius 1 is 1.19 bits per heavy atom. The van der Waals surface area contributed by atoms with Crippen molar-refractivity contribution in [3.05, 3.63) is 30.4 Å². The second-order valence-electron chi connectivity index (χ2n) is 4.81. The summed E-state index contributed by atoms with van der Waals surface area (Å²) >= 11 is 0. The van der Waals surface area contributed by atoms with Gasteiger partial charge in [0.1, 0.15) is 18.2 Å². The van der Waals surface area contributed by atoms with Crippen molar-refractivity contribution < 1.29 is 9.47 Å². The maximum absolute atomic E-state index is 5.83. The van der Waals surface area contributed by atoms with Crippen molar-refractivity contribution in [2.24, 2.45) is 0 Å². The van der Waals surface area contributed by atoms with Gasteiger partial charge in [-0.3, -0.25) is 4.98 Å². The minimum Gasteiger partial charge on any atom is -0.489 e. The highest BCUT2D eigenvalue weighted by molar-refractivity contribution is 5.62. The third-order valence-electron chi connectivity index (χ3n) is 2.61. The fourth-order valence-corrected chi connectivity index (χ4v) is 1.82. The Morgan fingerprint density at radius 2 is 2.00 bits per heavy atom. The average molecular weight is 288 g/mol. The molecule has 0 fully saturated rings. The molecule has 2 rings (SSSR count). The van der Waals surface area contributed by atoms with Crippen LogP contribution < -0.4 is 10.5 Å². The van der Waals surface area contributed by atoms with Gasteiger partial charge in [0.15, 0.2) is 5.82 Å². The van der Waals surface area contributed by atoms with Crippen LogP contribution in [0.4, 0.5) is 5.82 Å². The van der Waals surface area contributed by atoms with Gasteiger partial charge < -0.3 is 15.2 Å². The number of aromatic nitrogens is 3. The van der Waals surface area contributed by atoms with Gasteiger partial charge in [-0.05, 0) is 26.8 Å². The molecule has 0 aliphatic heterocycles. The molecule has 2 aromatic rings. The molecule has 0 saturated heterocycles. The van der Waals surface area contributed by atoms with Crippen LogP contribution >= 0.6 is 0 Å². The lowest BCUT2D eigenvalue weighted by molar-refractivity contribution is 0.128. The Bertz CT molecular complexity index is 602. The van der Waals surface area contributed by atoms with Gasteiger partial charge in [-0.1, -0.05) is 0 Å². The Hall–Kier alpha value is -2.21. The largest absolute Gasteiger partial charge is 0.489 e. The smallest absolute Gasteiger partial charge is 0.157 e. The molecule has 112 valence electrons. The highest BCUT2D eigenvalue weighted by Crippen LogP contribution is 2.23. The summed E-state index contributed by atoms with van der Waals surface area (Å²) in [4.78, 5) is 12.8. The molecular weight excluding hydrogens is 268 g/mol. The number of nitrogen functional groups attached to an aromatic ring is 1. The summed E-state index contributed by atoms with van der Waals surface area (Å²) in [5, 5.41) is 0. The Morgan fingerprint density at radius 3 is 2.71 bits per heavy atom. The van der Waals surface area contributed by atoms with E-state index in [1.54, 1.807) is 18.5 Å². The minimum absolute atomic E-state index is 0.0889. The van der Waals surface area contributed by atoms with Crippen molar-refractivity contribution in [3.8, 4) is 17.0 Å². The van der Waals surface area contributed by atoms with Gasteiger partial charge in [0.25, 0.3) is 0 Å². The van der Waals surface area contributed by atoms with E-state index in [2.05, 4.69) is 15.0 Å². The van der Waals surface area contributed by atoms with Crippen molar-refractivity contribution in [1.82, 2.24) is 15.0 Å². The molecular formula is C15H20N4O2. The molecule has 0 saturated carbocycles. The number of hydrogen-bond acceptors (Lipinski definition) is 6. The van der Waals surface area contributed by atoms with Crippen molar-refractivity contribution in [2.75, 3.05) is 12.3 Å². The molecule has 0 aromatic carbocycles. The van der Waals surface area contributed by atoms with Crippen LogP contribution in [0.1, 0.15) is 26.6 Å². The summed E-state index contributed by atoms with van der Waals surface area (Å²) < 4.78 is 11.0. The Balaban J connectivity index is 2.30. The van der Waals surface area contributed by atoms with Crippen LogP contribution in [0.25, 0.3) is 11.3 Å². The molecule has 0 aliphatic rings. The molecule has 2 aromatic heterocycles. The molecule has 6 heteroatoms. The SMILES string of the molecule is CCOCc1nc(N)cc(-c2cncc(OC(C)C)c2)n1. The minimum atomic E-state index is 0.0889. The first-order valence-electron chi connectivity index (χ1n) is 6.91. The van der Waals surface area contributed by atoms with Gasteiger partial charge in [-0.25, -0.2) is 9.97 Å². The number of rotatable bonds is 6. The molecule has 0 atom stereocenters. The monoisotopic (exact) mass is 288 g/mol. The molecule has 0 radical (unpaired) electrons. The van der Waals surface area contributed by atoms with Crippen molar-refractivity contribution >= 4 is 5.82 Å². The molecule has 6 nitrogen and oxygen atoms in total. The van der Waals surface area contributed by atoms with E-state index in [-0.39, 0.29) is 6.10 Å². The highest BCUT2D eigenvalue weighted by atomic mass is 16.5. The Labute approximate surface area is 124 Å². The molecule has 21 heavy (non-hydrogen) atoms. The predicted octanol–water partition coefficient (Wildman–Crippen LogP) is 2.44. The highest BCUT2D eigenvalue weighted by Gasteiger charge is 2.08. The maximum atomic E-state index is 5.83. The van der Waals surface area contributed by atoms with Crippen molar-refractivity contribution in [2.45, 2.75) is 33.5 Å².